The highest BCUT2D eigenvalue weighted by molar-refractivity contribution is 6.31. The van der Waals surface area contributed by atoms with E-state index in [-0.39, 0.29) is 24.7 Å². The van der Waals surface area contributed by atoms with Crippen LogP contribution in [0.2, 0.25) is 5.02 Å². The molecule has 0 aliphatic carbocycles. The molecule has 1 aromatic rings. The molecule has 2 rings (SSSR count). The predicted octanol–water partition coefficient (Wildman–Crippen LogP) is 2.65. The molecule has 1 aliphatic rings. The summed E-state index contributed by atoms with van der Waals surface area (Å²) < 4.78 is 13.7. The smallest absolute Gasteiger partial charge is 0.227 e. The Hall–Kier alpha value is -0.840. The number of likely N-dealkylation sites (tertiary alicyclic amines) is 1. The fraction of sp³-hybridized carbons (Fsp3) is 0.500. The minimum absolute atomic E-state index is 0. The molecule has 1 atom stereocenters. The Bertz CT molecular complexity index is 450. The molecule has 0 radical (unpaired) electrons. The summed E-state index contributed by atoms with van der Waals surface area (Å²) in [6, 6.07) is 4.82. The number of benzene rings is 1. The Morgan fingerprint density at radius 2 is 2.30 bits per heavy atom. The van der Waals surface area contributed by atoms with Crippen LogP contribution in [0.25, 0.3) is 0 Å². The summed E-state index contributed by atoms with van der Waals surface area (Å²) in [5.41, 5.74) is 0.292. The molecule has 0 saturated carbocycles. The van der Waals surface area contributed by atoms with Crippen molar-refractivity contribution in [1.82, 2.24) is 10.2 Å². The minimum atomic E-state index is -0.414. The van der Waals surface area contributed by atoms with Crippen molar-refractivity contribution in [3.63, 3.8) is 0 Å². The normalized spacial score (nSPS) is 18.6. The van der Waals surface area contributed by atoms with Gasteiger partial charge in [0.05, 0.1) is 6.42 Å². The van der Waals surface area contributed by atoms with Crippen molar-refractivity contribution in [2.45, 2.75) is 25.3 Å². The van der Waals surface area contributed by atoms with Gasteiger partial charge in [0.2, 0.25) is 5.91 Å². The van der Waals surface area contributed by atoms with Gasteiger partial charge < -0.3 is 10.2 Å². The van der Waals surface area contributed by atoms with Crippen molar-refractivity contribution in [3.05, 3.63) is 34.6 Å². The molecule has 1 amide bonds. The average molecular weight is 321 g/mol. The van der Waals surface area contributed by atoms with Gasteiger partial charge in [-0.25, -0.2) is 4.39 Å². The quantitative estimate of drug-likeness (QED) is 0.928. The number of rotatable bonds is 3. The first-order valence-electron chi connectivity index (χ1n) is 6.49. The molecule has 1 fully saturated rings. The number of carbonyl (C=O) groups excluding carboxylic acids is 1. The maximum Gasteiger partial charge on any atom is 0.227 e. The molecule has 20 heavy (non-hydrogen) atoms. The summed E-state index contributed by atoms with van der Waals surface area (Å²) in [5, 5.41) is 3.50. The van der Waals surface area contributed by atoms with Crippen LogP contribution in [0.1, 0.15) is 18.4 Å². The van der Waals surface area contributed by atoms with Gasteiger partial charge >= 0.3 is 0 Å². The Morgan fingerprint density at radius 1 is 1.55 bits per heavy atom. The van der Waals surface area contributed by atoms with E-state index in [1.54, 1.807) is 17.0 Å². The zero-order chi connectivity index (χ0) is 13.8. The van der Waals surface area contributed by atoms with Crippen molar-refractivity contribution in [3.8, 4) is 0 Å². The first-order valence-corrected chi connectivity index (χ1v) is 6.87. The fourth-order valence-corrected chi connectivity index (χ4v) is 2.63. The number of amides is 1. The summed E-state index contributed by atoms with van der Waals surface area (Å²) >= 11 is 5.95. The van der Waals surface area contributed by atoms with Crippen LogP contribution < -0.4 is 5.32 Å². The summed E-state index contributed by atoms with van der Waals surface area (Å²) in [6.45, 7) is 1.42. The average Bonchev–Trinajstić information content (AvgIpc) is 2.43. The third-order valence-electron chi connectivity index (χ3n) is 3.57. The van der Waals surface area contributed by atoms with Crippen LogP contribution in [-0.2, 0) is 11.2 Å². The first-order chi connectivity index (χ1) is 9.11. The van der Waals surface area contributed by atoms with E-state index in [2.05, 4.69) is 5.32 Å². The van der Waals surface area contributed by atoms with Gasteiger partial charge in [-0.3, -0.25) is 4.79 Å². The van der Waals surface area contributed by atoms with Crippen LogP contribution >= 0.6 is 24.0 Å². The molecular formula is C14H19Cl2FN2O. The SMILES string of the molecule is CNC1CCCN(C(=O)Cc2c(F)cccc2Cl)C1.Cl. The zero-order valence-electron chi connectivity index (χ0n) is 11.4. The second-order valence-electron chi connectivity index (χ2n) is 4.84. The topological polar surface area (TPSA) is 32.3 Å². The molecule has 0 aromatic heterocycles. The van der Waals surface area contributed by atoms with E-state index in [0.717, 1.165) is 19.4 Å². The van der Waals surface area contributed by atoms with Crippen molar-refractivity contribution < 1.29 is 9.18 Å². The van der Waals surface area contributed by atoms with Gasteiger partial charge in [0, 0.05) is 29.7 Å². The van der Waals surface area contributed by atoms with Crippen molar-refractivity contribution in [2.24, 2.45) is 0 Å². The van der Waals surface area contributed by atoms with Crippen molar-refractivity contribution in [2.75, 3.05) is 20.1 Å². The molecule has 1 unspecified atom stereocenters. The van der Waals surface area contributed by atoms with E-state index < -0.39 is 5.82 Å². The Labute approximate surface area is 129 Å². The van der Waals surface area contributed by atoms with Crippen LogP contribution in [0.5, 0.6) is 0 Å². The van der Waals surface area contributed by atoms with E-state index in [1.807, 2.05) is 7.05 Å². The lowest BCUT2D eigenvalue weighted by molar-refractivity contribution is -0.131. The van der Waals surface area contributed by atoms with Crippen LogP contribution in [-0.4, -0.2) is 37.0 Å². The first kappa shape index (κ1) is 17.2. The van der Waals surface area contributed by atoms with Gasteiger partial charge in [-0.05, 0) is 32.0 Å². The van der Waals surface area contributed by atoms with E-state index in [1.165, 1.54) is 6.07 Å². The van der Waals surface area contributed by atoms with Crippen LogP contribution in [0.3, 0.4) is 0 Å². The van der Waals surface area contributed by atoms with E-state index in [9.17, 15) is 9.18 Å². The highest BCUT2D eigenvalue weighted by Crippen LogP contribution is 2.21. The third-order valence-corrected chi connectivity index (χ3v) is 3.93. The molecule has 1 aliphatic heterocycles. The van der Waals surface area contributed by atoms with Gasteiger partial charge in [-0.1, -0.05) is 17.7 Å². The maximum atomic E-state index is 13.7. The van der Waals surface area contributed by atoms with Gasteiger partial charge in [-0.15, -0.1) is 12.4 Å². The summed E-state index contributed by atoms with van der Waals surface area (Å²) in [4.78, 5) is 14.0. The molecule has 1 heterocycles. The van der Waals surface area contributed by atoms with Crippen molar-refractivity contribution >= 4 is 29.9 Å². The molecule has 1 N–H and O–H groups in total. The number of piperidine rings is 1. The van der Waals surface area contributed by atoms with E-state index >= 15 is 0 Å². The number of nitrogens with one attached hydrogen (secondary N) is 1. The van der Waals surface area contributed by atoms with Crippen molar-refractivity contribution in [1.29, 1.82) is 0 Å². The van der Waals surface area contributed by atoms with E-state index in [4.69, 9.17) is 11.6 Å². The lowest BCUT2D eigenvalue weighted by Crippen LogP contribution is -2.47. The molecule has 112 valence electrons. The largest absolute Gasteiger partial charge is 0.341 e. The van der Waals surface area contributed by atoms with Crippen LogP contribution in [0.4, 0.5) is 4.39 Å². The molecule has 6 heteroatoms. The Morgan fingerprint density at radius 3 is 2.95 bits per heavy atom. The highest BCUT2D eigenvalue weighted by Gasteiger charge is 2.23. The van der Waals surface area contributed by atoms with Gasteiger partial charge in [-0.2, -0.15) is 0 Å². The second kappa shape index (κ2) is 7.81. The highest BCUT2D eigenvalue weighted by atomic mass is 35.5. The maximum absolute atomic E-state index is 13.7. The molecule has 3 nitrogen and oxygen atoms in total. The molecule has 1 saturated heterocycles. The third kappa shape index (κ3) is 4.08. The minimum Gasteiger partial charge on any atom is -0.341 e. The monoisotopic (exact) mass is 320 g/mol. The summed E-state index contributed by atoms with van der Waals surface area (Å²) in [5.74, 6) is -0.477. The molecule has 0 spiro atoms. The number of halogens is 3. The number of hydrogen-bond donors (Lipinski definition) is 1. The lowest BCUT2D eigenvalue weighted by Gasteiger charge is -2.32. The number of likely N-dealkylation sites (N-methyl/N-ethyl adjacent to an activating group) is 1. The molecular weight excluding hydrogens is 302 g/mol. The Kier molecular flexibility index (Phi) is 6.72. The van der Waals surface area contributed by atoms with E-state index in [0.29, 0.717) is 23.2 Å². The zero-order valence-corrected chi connectivity index (χ0v) is 12.9. The van der Waals surface area contributed by atoms with Crippen LogP contribution in [0.15, 0.2) is 18.2 Å². The summed E-state index contributed by atoms with van der Waals surface area (Å²) in [7, 11) is 1.90. The number of carbonyl (C=O) groups is 1. The number of nitrogens with zero attached hydrogens (tertiary/aromatic N) is 1. The lowest BCUT2D eigenvalue weighted by atomic mass is 10.0. The van der Waals surface area contributed by atoms with Crippen LogP contribution in [0, 0.1) is 5.82 Å². The number of hydrogen-bond acceptors (Lipinski definition) is 2. The predicted molar refractivity (Wildman–Crippen MR) is 81.0 cm³/mol. The molecule has 1 aromatic carbocycles. The van der Waals surface area contributed by atoms with Gasteiger partial charge in [0.1, 0.15) is 5.82 Å². The van der Waals surface area contributed by atoms with Gasteiger partial charge in [0.25, 0.3) is 0 Å². The summed E-state index contributed by atoms with van der Waals surface area (Å²) in [6.07, 6.45) is 2.07. The fourth-order valence-electron chi connectivity index (χ4n) is 2.40. The molecule has 0 bridgehead atoms. The van der Waals surface area contributed by atoms with Gasteiger partial charge in [0.15, 0.2) is 0 Å². The standard InChI is InChI=1S/C14H18ClFN2O.ClH/c1-17-10-4-3-7-18(9-10)14(19)8-11-12(15)5-2-6-13(11)16;/h2,5-6,10,17H,3-4,7-9H2,1H3;1H. The Balaban J connectivity index is 0.00000200. The second-order valence-corrected chi connectivity index (χ2v) is 5.25.